The van der Waals surface area contributed by atoms with Gasteiger partial charge >= 0.3 is 12.1 Å². The maximum atomic E-state index is 13.3. The Hall–Kier alpha value is -4.52. The summed E-state index contributed by atoms with van der Waals surface area (Å²) in [4.78, 5) is 54.8. The molecular formula is C26H30N6O7. The lowest BCUT2D eigenvalue weighted by atomic mass is 10.1. The number of carbonyl (C=O) groups excluding carboxylic acids is 4. The third-order valence-electron chi connectivity index (χ3n) is 6.17. The van der Waals surface area contributed by atoms with Crippen LogP contribution in [0.1, 0.15) is 58.0 Å². The molecule has 1 aliphatic rings. The second-order valence-corrected chi connectivity index (χ2v) is 9.13. The molecule has 1 aliphatic carbocycles. The van der Waals surface area contributed by atoms with Gasteiger partial charge in [-0.3, -0.25) is 9.59 Å². The number of aliphatic hydroxyl groups is 1. The van der Waals surface area contributed by atoms with Crippen molar-refractivity contribution in [2.45, 2.75) is 46.1 Å². The minimum absolute atomic E-state index is 0.0732. The summed E-state index contributed by atoms with van der Waals surface area (Å²) in [5.74, 6) is -1.29. The predicted octanol–water partition coefficient (Wildman–Crippen LogP) is 2.46. The van der Waals surface area contributed by atoms with Gasteiger partial charge < -0.3 is 25.2 Å². The van der Waals surface area contributed by atoms with Gasteiger partial charge in [0, 0.05) is 30.0 Å². The predicted molar refractivity (Wildman–Crippen MR) is 139 cm³/mol. The highest BCUT2D eigenvalue weighted by Crippen LogP contribution is 2.28. The summed E-state index contributed by atoms with van der Waals surface area (Å²) >= 11 is 0. The summed E-state index contributed by atoms with van der Waals surface area (Å²) in [7, 11) is 0. The summed E-state index contributed by atoms with van der Waals surface area (Å²) in [5, 5.41) is 19.2. The Bertz CT molecular complexity index is 1420. The molecular weight excluding hydrogens is 508 g/mol. The summed E-state index contributed by atoms with van der Waals surface area (Å²) in [6, 6.07) is 5.12. The van der Waals surface area contributed by atoms with E-state index in [1.165, 1.54) is 6.33 Å². The number of aryl methyl sites for hydroxylation is 2. The number of nitrogens with one attached hydrogen (secondary N) is 2. The monoisotopic (exact) mass is 538 g/mol. The molecule has 4 rings (SSSR count). The summed E-state index contributed by atoms with van der Waals surface area (Å²) in [6.07, 6.45) is 4.46. The molecule has 1 saturated carbocycles. The molecule has 0 saturated heterocycles. The van der Waals surface area contributed by atoms with Gasteiger partial charge in [-0.15, -0.1) is 0 Å². The van der Waals surface area contributed by atoms with Gasteiger partial charge in [0.15, 0.2) is 5.82 Å². The van der Waals surface area contributed by atoms with Gasteiger partial charge in [-0.1, -0.05) is 13.0 Å². The number of rotatable bonds is 10. The van der Waals surface area contributed by atoms with Crippen molar-refractivity contribution in [3.63, 3.8) is 0 Å². The van der Waals surface area contributed by atoms with E-state index in [0.29, 0.717) is 34.6 Å². The molecule has 0 radical (unpaired) electrons. The average Bonchev–Trinajstić information content (AvgIpc) is 3.67. The molecule has 1 fully saturated rings. The number of esters is 1. The molecule has 0 unspecified atom stereocenters. The normalized spacial score (nSPS) is 12.6. The van der Waals surface area contributed by atoms with E-state index >= 15 is 0 Å². The van der Waals surface area contributed by atoms with Crippen LogP contribution in [0.3, 0.4) is 0 Å². The van der Waals surface area contributed by atoms with Crippen molar-refractivity contribution in [3.8, 4) is 0 Å². The first kappa shape index (κ1) is 27.5. The van der Waals surface area contributed by atoms with E-state index in [1.54, 1.807) is 35.8 Å². The van der Waals surface area contributed by atoms with E-state index in [2.05, 4.69) is 25.5 Å². The Morgan fingerprint density at radius 1 is 1.18 bits per heavy atom. The number of amides is 3. The number of carbonyl (C=O) groups is 4. The van der Waals surface area contributed by atoms with Crippen LogP contribution in [0.2, 0.25) is 0 Å². The van der Waals surface area contributed by atoms with Gasteiger partial charge in [-0.2, -0.15) is 5.10 Å². The molecule has 2 heterocycles. The smallest absolute Gasteiger partial charge is 0.419 e. The van der Waals surface area contributed by atoms with E-state index < -0.39 is 31.4 Å². The van der Waals surface area contributed by atoms with Crippen molar-refractivity contribution < 1.29 is 33.8 Å². The third-order valence-corrected chi connectivity index (χ3v) is 6.17. The van der Waals surface area contributed by atoms with Crippen LogP contribution in [0.4, 0.5) is 16.3 Å². The second kappa shape index (κ2) is 11.9. The zero-order valence-corrected chi connectivity index (χ0v) is 21.9. The fourth-order valence-electron chi connectivity index (χ4n) is 3.91. The van der Waals surface area contributed by atoms with E-state index in [-0.39, 0.29) is 24.1 Å². The van der Waals surface area contributed by atoms with Crippen LogP contribution in [-0.4, -0.2) is 74.5 Å². The molecule has 13 heteroatoms. The number of imide groups is 1. The molecule has 3 N–H and O–H groups in total. The van der Waals surface area contributed by atoms with Crippen LogP contribution in [-0.2, 0) is 14.3 Å². The van der Waals surface area contributed by atoms with Gasteiger partial charge in [-0.05, 0) is 56.4 Å². The van der Waals surface area contributed by atoms with E-state index in [9.17, 15) is 19.2 Å². The quantitative estimate of drug-likeness (QED) is 0.258. The summed E-state index contributed by atoms with van der Waals surface area (Å²) in [6.45, 7) is 3.95. The Balaban J connectivity index is 1.57. The lowest BCUT2D eigenvalue weighted by Crippen LogP contribution is -2.38. The number of hydrogen-bond acceptors (Lipinski definition) is 10. The van der Waals surface area contributed by atoms with Crippen LogP contribution in [0.15, 0.2) is 30.7 Å². The van der Waals surface area contributed by atoms with Crippen LogP contribution in [0.5, 0.6) is 0 Å². The average molecular weight is 539 g/mol. The van der Waals surface area contributed by atoms with Crippen molar-refractivity contribution in [2.75, 3.05) is 25.3 Å². The summed E-state index contributed by atoms with van der Waals surface area (Å²) in [5.41, 5.74) is 3.41. The van der Waals surface area contributed by atoms with Crippen molar-refractivity contribution in [3.05, 3.63) is 53.0 Å². The molecule has 39 heavy (non-hydrogen) atoms. The van der Waals surface area contributed by atoms with Gasteiger partial charge in [0.25, 0.3) is 11.8 Å². The van der Waals surface area contributed by atoms with Gasteiger partial charge in [-0.25, -0.2) is 24.0 Å². The number of hydrogen-bond donors (Lipinski definition) is 3. The third kappa shape index (κ3) is 6.32. The molecule has 2 aromatic heterocycles. The molecule has 206 valence electrons. The van der Waals surface area contributed by atoms with Crippen LogP contribution < -0.4 is 10.6 Å². The van der Waals surface area contributed by atoms with Crippen molar-refractivity contribution in [1.82, 2.24) is 24.8 Å². The Morgan fingerprint density at radius 2 is 1.95 bits per heavy atom. The molecule has 0 bridgehead atoms. The standard InChI is InChI=1S/C26H30N6O7/c1-4-9-31(26(37)39-14-38-21(34)12-33)25(36)17-6-5-15(2)20(10-17)30-23-22-16(3)19(11-32(22)28-13-27-23)24(35)29-18-7-8-18/h5-6,10-11,13,18,33H,4,7-9,12,14H2,1-3H3,(H,29,35)(H,27,28,30). The highest BCUT2D eigenvalue weighted by atomic mass is 16.7. The van der Waals surface area contributed by atoms with Crippen LogP contribution in [0, 0.1) is 13.8 Å². The van der Waals surface area contributed by atoms with Crippen molar-refractivity contribution in [1.29, 1.82) is 0 Å². The van der Waals surface area contributed by atoms with E-state index in [0.717, 1.165) is 23.3 Å². The Morgan fingerprint density at radius 3 is 2.64 bits per heavy atom. The highest BCUT2D eigenvalue weighted by Gasteiger charge is 2.27. The van der Waals surface area contributed by atoms with Gasteiger partial charge in [0.05, 0.1) is 5.56 Å². The second-order valence-electron chi connectivity index (χ2n) is 9.13. The molecule has 0 spiro atoms. The molecule has 0 atom stereocenters. The molecule has 13 nitrogen and oxygen atoms in total. The van der Waals surface area contributed by atoms with Gasteiger partial charge in [0.2, 0.25) is 6.79 Å². The maximum absolute atomic E-state index is 13.3. The lowest BCUT2D eigenvalue weighted by Gasteiger charge is -2.20. The first-order valence-corrected chi connectivity index (χ1v) is 12.5. The number of aromatic nitrogens is 3. The van der Waals surface area contributed by atoms with E-state index in [1.807, 2.05) is 13.8 Å². The lowest BCUT2D eigenvalue weighted by molar-refractivity contribution is -0.155. The number of anilines is 2. The Kier molecular flexibility index (Phi) is 8.39. The zero-order chi connectivity index (χ0) is 28.1. The first-order chi connectivity index (χ1) is 18.7. The number of benzene rings is 1. The van der Waals surface area contributed by atoms with Gasteiger partial charge in [0.1, 0.15) is 18.5 Å². The molecule has 3 aromatic rings. The first-order valence-electron chi connectivity index (χ1n) is 12.5. The fraction of sp³-hybridized carbons (Fsp3) is 0.385. The number of nitrogens with zero attached hydrogens (tertiary/aromatic N) is 4. The highest BCUT2D eigenvalue weighted by molar-refractivity contribution is 6.04. The fourth-order valence-corrected chi connectivity index (χ4v) is 3.91. The Labute approximate surface area is 224 Å². The zero-order valence-electron chi connectivity index (χ0n) is 21.9. The molecule has 1 aromatic carbocycles. The van der Waals surface area contributed by atoms with E-state index in [4.69, 9.17) is 9.84 Å². The topological polar surface area (TPSA) is 164 Å². The summed E-state index contributed by atoms with van der Waals surface area (Å²) < 4.78 is 11.0. The minimum Gasteiger partial charge on any atom is -0.426 e. The van der Waals surface area contributed by atoms with Crippen molar-refractivity contribution >= 4 is 40.9 Å². The molecule has 0 aliphatic heterocycles. The minimum atomic E-state index is -0.985. The van der Waals surface area contributed by atoms with Crippen molar-refractivity contribution in [2.24, 2.45) is 0 Å². The number of aliphatic hydroxyl groups excluding tert-OH is 1. The molecule has 3 amide bonds. The number of ether oxygens (including phenoxy) is 2. The van der Waals surface area contributed by atoms with Crippen LogP contribution >= 0.6 is 0 Å². The maximum Gasteiger partial charge on any atom is 0.419 e. The van der Waals surface area contributed by atoms with Crippen LogP contribution in [0.25, 0.3) is 5.52 Å². The largest absolute Gasteiger partial charge is 0.426 e. The SMILES string of the molecule is CCCN(C(=O)OCOC(=O)CO)C(=O)c1ccc(C)c(Nc2ncnn3cc(C(=O)NC4CC4)c(C)c23)c1. The number of fused-ring (bicyclic) bond motifs is 1.